The predicted octanol–water partition coefficient (Wildman–Crippen LogP) is 3.50. The fraction of sp³-hybridized carbons (Fsp3) is 0.750. The first-order chi connectivity index (χ1) is 12.6. The van der Waals surface area contributed by atoms with Crippen LogP contribution in [0.3, 0.4) is 0 Å². The van der Waals surface area contributed by atoms with Gasteiger partial charge in [0, 0.05) is 37.2 Å². The molecule has 1 fully saturated rings. The van der Waals surface area contributed by atoms with Gasteiger partial charge in [0.25, 0.3) is 0 Å². The molecule has 26 heavy (non-hydrogen) atoms. The Morgan fingerprint density at radius 2 is 2.27 bits per heavy atom. The van der Waals surface area contributed by atoms with Crippen molar-refractivity contribution in [1.82, 2.24) is 15.5 Å². The van der Waals surface area contributed by atoms with Crippen molar-refractivity contribution < 1.29 is 4.74 Å². The summed E-state index contributed by atoms with van der Waals surface area (Å²) in [4.78, 5) is 8.86. The molecule has 0 radical (unpaired) electrons. The molecule has 6 heteroatoms. The smallest absolute Gasteiger partial charge is 0.191 e. The number of nitrogens with zero attached hydrogens (tertiary/aromatic N) is 2. The van der Waals surface area contributed by atoms with Gasteiger partial charge in [-0.3, -0.25) is 9.89 Å². The van der Waals surface area contributed by atoms with E-state index in [4.69, 9.17) is 9.73 Å². The first-order valence-corrected chi connectivity index (χ1v) is 10.9. The van der Waals surface area contributed by atoms with Crippen LogP contribution in [0.4, 0.5) is 0 Å². The lowest BCUT2D eigenvalue weighted by atomic mass is 9.88. The molecule has 0 aromatic carbocycles. The number of likely N-dealkylation sites (tertiary alicyclic amines) is 1. The van der Waals surface area contributed by atoms with Gasteiger partial charge in [-0.15, -0.1) is 11.3 Å². The molecular weight excluding hydrogens is 344 g/mol. The summed E-state index contributed by atoms with van der Waals surface area (Å²) in [7, 11) is 2.25. The Hall–Kier alpha value is -1.11. The monoisotopic (exact) mass is 380 g/mol. The van der Waals surface area contributed by atoms with Crippen molar-refractivity contribution >= 4 is 17.3 Å². The van der Waals surface area contributed by atoms with Crippen LogP contribution < -0.4 is 10.6 Å². The van der Waals surface area contributed by atoms with Crippen LogP contribution in [0.25, 0.3) is 0 Å². The average molecular weight is 381 g/mol. The molecular formula is C20H36N4OS. The number of thiophene rings is 1. The van der Waals surface area contributed by atoms with Crippen LogP contribution >= 0.6 is 11.3 Å². The molecule has 1 aromatic heterocycles. The molecule has 1 aliphatic rings. The highest BCUT2D eigenvalue weighted by molar-refractivity contribution is 7.10. The van der Waals surface area contributed by atoms with E-state index < -0.39 is 0 Å². The van der Waals surface area contributed by atoms with Crippen molar-refractivity contribution in [1.29, 1.82) is 0 Å². The molecule has 1 aliphatic heterocycles. The molecule has 148 valence electrons. The maximum absolute atomic E-state index is 5.60. The van der Waals surface area contributed by atoms with Gasteiger partial charge in [-0.1, -0.05) is 6.07 Å². The average Bonchev–Trinajstić information content (AvgIpc) is 3.13. The van der Waals surface area contributed by atoms with Gasteiger partial charge < -0.3 is 15.4 Å². The topological polar surface area (TPSA) is 48.9 Å². The number of guanidine groups is 1. The van der Waals surface area contributed by atoms with Crippen molar-refractivity contribution in [3.05, 3.63) is 22.4 Å². The molecule has 2 N–H and O–H groups in total. The summed E-state index contributed by atoms with van der Waals surface area (Å²) in [5.41, 5.74) is 0. The Bertz CT molecular complexity index is 518. The highest BCUT2D eigenvalue weighted by Crippen LogP contribution is 2.37. The van der Waals surface area contributed by atoms with E-state index in [-0.39, 0.29) is 0 Å². The van der Waals surface area contributed by atoms with E-state index in [1.165, 1.54) is 24.3 Å². The van der Waals surface area contributed by atoms with E-state index in [1.807, 2.05) is 11.3 Å². The van der Waals surface area contributed by atoms with Crippen LogP contribution in [0, 0.1) is 5.92 Å². The zero-order chi connectivity index (χ0) is 18.8. The lowest BCUT2D eigenvalue weighted by Crippen LogP contribution is -2.40. The standard InChI is InChI=1S/C20H36N4OS/c1-5-21-20(22-11-8-13-25-16(2)3)23-15-17-9-6-12-24(4)19(17)18-10-7-14-26-18/h7,10,14,16-17,19H,5-6,8-9,11-13,15H2,1-4H3,(H2,21,22,23). The summed E-state index contributed by atoms with van der Waals surface area (Å²) in [5, 5.41) is 9.00. The van der Waals surface area contributed by atoms with Crippen LogP contribution in [0.5, 0.6) is 0 Å². The highest BCUT2D eigenvalue weighted by Gasteiger charge is 2.31. The Labute approximate surface area is 163 Å². The maximum Gasteiger partial charge on any atom is 0.191 e. The molecule has 1 aromatic rings. The van der Waals surface area contributed by atoms with Crippen molar-refractivity contribution in [2.24, 2.45) is 10.9 Å². The third-order valence-corrected chi connectivity index (χ3v) is 5.68. The molecule has 0 aliphatic carbocycles. The second kappa shape index (κ2) is 11.6. The first-order valence-electron chi connectivity index (χ1n) is 9.99. The Balaban J connectivity index is 1.89. The largest absolute Gasteiger partial charge is 0.379 e. The molecule has 1 saturated heterocycles. The molecule has 5 nitrogen and oxygen atoms in total. The summed E-state index contributed by atoms with van der Waals surface area (Å²) >= 11 is 1.87. The zero-order valence-corrected chi connectivity index (χ0v) is 17.6. The van der Waals surface area contributed by atoms with Crippen LogP contribution in [-0.4, -0.2) is 56.8 Å². The van der Waals surface area contributed by atoms with E-state index in [1.54, 1.807) is 0 Å². The Kier molecular flexibility index (Phi) is 9.43. The van der Waals surface area contributed by atoms with Gasteiger partial charge in [-0.05, 0) is 71.0 Å². The quantitative estimate of drug-likeness (QED) is 0.391. The van der Waals surface area contributed by atoms with E-state index >= 15 is 0 Å². The van der Waals surface area contributed by atoms with Gasteiger partial charge >= 0.3 is 0 Å². The fourth-order valence-electron chi connectivity index (χ4n) is 3.51. The van der Waals surface area contributed by atoms with Crippen molar-refractivity contribution in [3.63, 3.8) is 0 Å². The summed E-state index contributed by atoms with van der Waals surface area (Å²) in [5.74, 6) is 1.50. The summed E-state index contributed by atoms with van der Waals surface area (Å²) < 4.78 is 5.60. The highest BCUT2D eigenvalue weighted by atomic mass is 32.1. The third-order valence-electron chi connectivity index (χ3n) is 4.73. The van der Waals surface area contributed by atoms with E-state index in [2.05, 4.69) is 60.9 Å². The molecule has 2 rings (SSSR count). The predicted molar refractivity (Wildman–Crippen MR) is 112 cm³/mol. The zero-order valence-electron chi connectivity index (χ0n) is 16.8. The van der Waals surface area contributed by atoms with E-state index in [0.717, 1.165) is 38.6 Å². The molecule has 0 amide bonds. The summed E-state index contributed by atoms with van der Waals surface area (Å²) in [6.45, 7) is 10.9. The number of rotatable bonds is 9. The molecule has 2 unspecified atom stereocenters. The first kappa shape index (κ1) is 21.2. The van der Waals surface area contributed by atoms with Crippen molar-refractivity contribution in [2.45, 2.75) is 52.2 Å². The molecule has 0 spiro atoms. The third kappa shape index (κ3) is 6.89. The summed E-state index contributed by atoms with van der Waals surface area (Å²) in [6.07, 6.45) is 3.80. The number of hydrogen-bond donors (Lipinski definition) is 2. The van der Waals surface area contributed by atoms with E-state index in [9.17, 15) is 0 Å². The summed E-state index contributed by atoms with van der Waals surface area (Å²) in [6, 6.07) is 4.93. The van der Waals surface area contributed by atoms with E-state index in [0.29, 0.717) is 18.1 Å². The normalized spacial score (nSPS) is 22.0. The number of nitrogens with one attached hydrogen (secondary N) is 2. The second-order valence-electron chi connectivity index (χ2n) is 7.26. The van der Waals surface area contributed by atoms with Crippen molar-refractivity contribution in [3.8, 4) is 0 Å². The van der Waals surface area contributed by atoms with Gasteiger partial charge in [0.1, 0.15) is 0 Å². The number of hydrogen-bond acceptors (Lipinski definition) is 4. The van der Waals surface area contributed by atoms with Gasteiger partial charge in [0.2, 0.25) is 0 Å². The van der Waals surface area contributed by atoms with Gasteiger partial charge in [0.05, 0.1) is 6.10 Å². The van der Waals surface area contributed by atoms with Crippen LogP contribution in [0.15, 0.2) is 22.5 Å². The van der Waals surface area contributed by atoms with Crippen molar-refractivity contribution in [2.75, 3.05) is 39.8 Å². The molecule has 0 saturated carbocycles. The SMILES string of the molecule is CCNC(=NCC1CCCN(C)C1c1cccs1)NCCCOC(C)C. The molecule has 2 heterocycles. The van der Waals surface area contributed by atoms with Gasteiger partial charge in [-0.2, -0.15) is 0 Å². The van der Waals surface area contributed by atoms with Crippen LogP contribution in [-0.2, 0) is 4.74 Å². The minimum atomic E-state index is 0.300. The lowest BCUT2D eigenvalue weighted by molar-refractivity contribution is 0.0776. The number of aliphatic imine (C=N–C) groups is 1. The van der Waals surface area contributed by atoms with Crippen LogP contribution in [0.1, 0.15) is 51.0 Å². The van der Waals surface area contributed by atoms with Gasteiger partial charge in [-0.25, -0.2) is 0 Å². The molecule has 2 atom stereocenters. The minimum absolute atomic E-state index is 0.300. The van der Waals surface area contributed by atoms with Gasteiger partial charge in [0.15, 0.2) is 5.96 Å². The Morgan fingerprint density at radius 3 is 2.96 bits per heavy atom. The Morgan fingerprint density at radius 1 is 1.42 bits per heavy atom. The second-order valence-corrected chi connectivity index (χ2v) is 8.24. The lowest BCUT2D eigenvalue weighted by Gasteiger charge is -2.38. The fourth-order valence-corrected chi connectivity index (χ4v) is 4.49. The molecule has 0 bridgehead atoms. The van der Waals surface area contributed by atoms with Crippen LogP contribution in [0.2, 0.25) is 0 Å². The number of piperidine rings is 1. The minimum Gasteiger partial charge on any atom is -0.379 e. The maximum atomic E-state index is 5.60. The number of ether oxygens (including phenoxy) is 1.